The van der Waals surface area contributed by atoms with Crippen molar-refractivity contribution in [3.05, 3.63) is 53.9 Å². The van der Waals surface area contributed by atoms with Crippen LogP contribution in [0, 0.1) is 0 Å². The number of benzene rings is 1. The summed E-state index contributed by atoms with van der Waals surface area (Å²) in [6.45, 7) is 0.753. The highest BCUT2D eigenvalue weighted by molar-refractivity contribution is 7.91. The van der Waals surface area contributed by atoms with Crippen molar-refractivity contribution >= 4 is 16.0 Å². The highest BCUT2D eigenvalue weighted by Gasteiger charge is 2.12. The van der Waals surface area contributed by atoms with Gasteiger partial charge in [0.15, 0.2) is 0 Å². The number of aromatic nitrogens is 2. The van der Waals surface area contributed by atoms with Crippen molar-refractivity contribution < 1.29 is 8.42 Å². The number of anilines is 1. The Morgan fingerprint density at radius 3 is 2.25 bits per heavy atom. The Labute approximate surface area is 118 Å². The van der Waals surface area contributed by atoms with Crippen LogP contribution in [0.3, 0.4) is 0 Å². The lowest BCUT2D eigenvalue weighted by molar-refractivity contribution is 0.600. The molecule has 0 saturated carbocycles. The predicted octanol–water partition coefficient (Wildman–Crippen LogP) is 1.14. The molecule has 2 rings (SSSR count). The molecule has 0 bridgehead atoms. The van der Waals surface area contributed by atoms with E-state index >= 15 is 0 Å². The first kappa shape index (κ1) is 14.4. The summed E-state index contributed by atoms with van der Waals surface area (Å²) in [5, 5.41) is 3.04. The maximum atomic E-state index is 12.0. The lowest BCUT2D eigenvalue weighted by Crippen LogP contribution is -2.16. The van der Waals surface area contributed by atoms with Gasteiger partial charge in [0.2, 0.25) is 16.0 Å². The summed E-state index contributed by atoms with van der Waals surface area (Å²) in [7, 11) is -1.64. The van der Waals surface area contributed by atoms with Crippen molar-refractivity contribution in [2.45, 2.75) is 12.3 Å². The Hall–Kier alpha value is -1.99. The van der Waals surface area contributed by atoms with Crippen LogP contribution >= 0.6 is 0 Å². The Bertz CT molecular complexity index is 642. The summed E-state index contributed by atoms with van der Waals surface area (Å²) in [6, 6.07) is 9.04. The second-order valence-corrected chi connectivity index (χ2v) is 6.00. The molecule has 7 heteroatoms. The van der Waals surface area contributed by atoms with Gasteiger partial charge in [-0.3, -0.25) is 4.72 Å². The average molecular weight is 292 g/mol. The third-order valence-electron chi connectivity index (χ3n) is 2.57. The number of hydrogen-bond donors (Lipinski definition) is 2. The fourth-order valence-electron chi connectivity index (χ4n) is 1.70. The minimum absolute atomic E-state index is 0.0827. The van der Waals surface area contributed by atoms with Gasteiger partial charge in [-0.15, -0.1) is 0 Å². The molecule has 6 nitrogen and oxygen atoms in total. The molecular formula is C13H16N4O2S. The summed E-state index contributed by atoms with van der Waals surface area (Å²) in [5.41, 5.74) is 1.82. The number of sulfonamides is 1. The molecule has 2 aromatic rings. The van der Waals surface area contributed by atoms with E-state index in [1.165, 1.54) is 12.4 Å². The Morgan fingerprint density at radius 1 is 1.05 bits per heavy atom. The SMILES string of the molecule is CNCc1ccc(CS(=O)(=O)Nc2ncccn2)cc1. The van der Waals surface area contributed by atoms with Gasteiger partial charge < -0.3 is 5.32 Å². The second kappa shape index (κ2) is 6.44. The molecule has 0 amide bonds. The van der Waals surface area contributed by atoms with Crippen LogP contribution in [-0.2, 0) is 22.3 Å². The molecule has 0 aliphatic rings. The van der Waals surface area contributed by atoms with Crippen LogP contribution in [-0.4, -0.2) is 25.4 Å². The summed E-state index contributed by atoms with van der Waals surface area (Å²) in [6.07, 6.45) is 2.97. The van der Waals surface area contributed by atoms with Crippen molar-refractivity contribution in [1.29, 1.82) is 0 Å². The van der Waals surface area contributed by atoms with Gasteiger partial charge in [-0.05, 0) is 24.2 Å². The zero-order valence-corrected chi connectivity index (χ0v) is 11.9. The third kappa shape index (κ3) is 4.29. The monoisotopic (exact) mass is 292 g/mol. The highest BCUT2D eigenvalue weighted by Crippen LogP contribution is 2.10. The van der Waals surface area contributed by atoms with E-state index in [-0.39, 0.29) is 11.7 Å². The lowest BCUT2D eigenvalue weighted by Gasteiger charge is -2.07. The Kier molecular flexibility index (Phi) is 4.65. The number of hydrogen-bond acceptors (Lipinski definition) is 5. The number of rotatable bonds is 6. The van der Waals surface area contributed by atoms with E-state index in [0.717, 1.165) is 12.1 Å². The highest BCUT2D eigenvalue weighted by atomic mass is 32.2. The van der Waals surface area contributed by atoms with Gasteiger partial charge in [0, 0.05) is 18.9 Å². The summed E-state index contributed by atoms with van der Waals surface area (Å²) >= 11 is 0. The minimum Gasteiger partial charge on any atom is -0.316 e. The predicted molar refractivity (Wildman–Crippen MR) is 77.5 cm³/mol. The maximum absolute atomic E-state index is 12.0. The van der Waals surface area contributed by atoms with Crippen molar-refractivity contribution in [2.24, 2.45) is 0 Å². The van der Waals surface area contributed by atoms with E-state index < -0.39 is 10.0 Å². The molecule has 0 aliphatic heterocycles. The van der Waals surface area contributed by atoms with E-state index in [9.17, 15) is 8.42 Å². The standard InChI is InChI=1S/C13H16N4O2S/c1-14-9-11-3-5-12(6-4-11)10-20(18,19)17-13-15-7-2-8-16-13/h2-8,14H,9-10H2,1H3,(H,15,16,17). The van der Waals surface area contributed by atoms with Crippen LogP contribution in [0.25, 0.3) is 0 Å². The van der Waals surface area contributed by atoms with Gasteiger partial charge in [-0.25, -0.2) is 18.4 Å². The third-order valence-corrected chi connectivity index (χ3v) is 3.78. The van der Waals surface area contributed by atoms with E-state index in [1.54, 1.807) is 18.2 Å². The van der Waals surface area contributed by atoms with Crippen LogP contribution in [0.5, 0.6) is 0 Å². The molecule has 0 aliphatic carbocycles. The van der Waals surface area contributed by atoms with Crippen molar-refractivity contribution in [2.75, 3.05) is 11.8 Å². The molecule has 0 saturated heterocycles. The van der Waals surface area contributed by atoms with E-state index in [0.29, 0.717) is 5.56 Å². The second-order valence-electron chi connectivity index (χ2n) is 4.28. The van der Waals surface area contributed by atoms with Crippen molar-refractivity contribution in [1.82, 2.24) is 15.3 Å². The lowest BCUT2D eigenvalue weighted by atomic mass is 10.1. The Balaban J connectivity index is 2.04. The first-order valence-electron chi connectivity index (χ1n) is 6.09. The minimum atomic E-state index is -3.50. The zero-order valence-electron chi connectivity index (χ0n) is 11.1. The van der Waals surface area contributed by atoms with Crippen LogP contribution < -0.4 is 10.0 Å². The molecule has 106 valence electrons. The van der Waals surface area contributed by atoms with E-state index in [1.807, 2.05) is 19.2 Å². The topological polar surface area (TPSA) is 84.0 Å². The molecule has 2 N–H and O–H groups in total. The van der Waals surface area contributed by atoms with Crippen molar-refractivity contribution in [3.63, 3.8) is 0 Å². The summed E-state index contributed by atoms with van der Waals surface area (Å²) < 4.78 is 26.3. The van der Waals surface area contributed by atoms with E-state index in [2.05, 4.69) is 20.0 Å². The zero-order chi connectivity index (χ0) is 14.4. The molecule has 1 aromatic carbocycles. The largest absolute Gasteiger partial charge is 0.316 e. The molecular weight excluding hydrogens is 276 g/mol. The molecule has 20 heavy (non-hydrogen) atoms. The molecule has 0 spiro atoms. The fraction of sp³-hybridized carbons (Fsp3) is 0.231. The summed E-state index contributed by atoms with van der Waals surface area (Å²) in [5.74, 6) is -0.0234. The Morgan fingerprint density at radius 2 is 1.65 bits per heavy atom. The number of nitrogens with one attached hydrogen (secondary N) is 2. The molecule has 0 unspecified atom stereocenters. The fourth-order valence-corrected chi connectivity index (χ4v) is 2.79. The first-order valence-corrected chi connectivity index (χ1v) is 7.74. The van der Waals surface area contributed by atoms with Crippen LogP contribution in [0.1, 0.15) is 11.1 Å². The van der Waals surface area contributed by atoms with Gasteiger partial charge in [-0.1, -0.05) is 24.3 Å². The molecule has 1 heterocycles. The van der Waals surface area contributed by atoms with Gasteiger partial charge in [-0.2, -0.15) is 0 Å². The average Bonchev–Trinajstić information content (AvgIpc) is 2.41. The van der Waals surface area contributed by atoms with Gasteiger partial charge in [0.25, 0.3) is 0 Å². The van der Waals surface area contributed by atoms with E-state index in [4.69, 9.17) is 0 Å². The maximum Gasteiger partial charge on any atom is 0.239 e. The summed E-state index contributed by atoms with van der Waals surface area (Å²) in [4.78, 5) is 7.67. The molecule has 1 aromatic heterocycles. The van der Waals surface area contributed by atoms with Crippen molar-refractivity contribution in [3.8, 4) is 0 Å². The van der Waals surface area contributed by atoms with Gasteiger partial charge in [0.05, 0.1) is 5.75 Å². The normalized spacial score (nSPS) is 11.2. The van der Waals surface area contributed by atoms with Gasteiger partial charge >= 0.3 is 0 Å². The van der Waals surface area contributed by atoms with Crippen LogP contribution in [0.4, 0.5) is 5.95 Å². The quantitative estimate of drug-likeness (QED) is 0.834. The molecule has 0 radical (unpaired) electrons. The first-order chi connectivity index (χ1) is 9.59. The number of nitrogens with zero attached hydrogens (tertiary/aromatic N) is 2. The van der Waals surface area contributed by atoms with Gasteiger partial charge in [0.1, 0.15) is 0 Å². The van der Waals surface area contributed by atoms with Crippen LogP contribution in [0.2, 0.25) is 0 Å². The molecule has 0 atom stereocenters. The smallest absolute Gasteiger partial charge is 0.239 e. The van der Waals surface area contributed by atoms with Crippen LogP contribution in [0.15, 0.2) is 42.7 Å². The molecule has 0 fully saturated rings.